The molecule has 29 heavy (non-hydrogen) atoms. The van der Waals surface area contributed by atoms with E-state index in [1.54, 1.807) is 0 Å². The van der Waals surface area contributed by atoms with Crippen molar-refractivity contribution in [3.63, 3.8) is 0 Å². The molecular weight excluding hydrogens is 362 g/mol. The van der Waals surface area contributed by atoms with Crippen LogP contribution in [0, 0.1) is 0 Å². The summed E-state index contributed by atoms with van der Waals surface area (Å²) in [4.78, 5) is 11.1. The van der Waals surface area contributed by atoms with Gasteiger partial charge in [0.25, 0.3) is 5.91 Å². The highest BCUT2D eigenvalue weighted by molar-refractivity contribution is 5.83. The summed E-state index contributed by atoms with van der Waals surface area (Å²) in [5, 5.41) is 18.9. The fraction of sp³-hybridized carbons (Fsp3) is 0.960. The quantitative estimate of drug-likeness (QED) is 0.169. The maximum atomic E-state index is 11.1. The zero-order chi connectivity index (χ0) is 21.6. The molecule has 0 radical (unpaired) electrons. The van der Waals surface area contributed by atoms with Gasteiger partial charge in [0.2, 0.25) is 0 Å². The Morgan fingerprint density at radius 1 is 0.621 bits per heavy atom. The van der Waals surface area contributed by atoms with Crippen molar-refractivity contribution < 1.29 is 15.0 Å². The molecule has 1 amide bonds. The molecule has 0 aromatic heterocycles. The Balaban J connectivity index is 3.18. The van der Waals surface area contributed by atoms with Gasteiger partial charge in [0, 0.05) is 0 Å². The maximum Gasteiger partial charge on any atom is 0.251 e. The van der Waals surface area contributed by atoms with Crippen molar-refractivity contribution in [1.82, 2.24) is 0 Å². The number of nitrogens with two attached hydrogens (primary N) is 1. The molecule has 0 rings (SSSR count). The molecule has 0 aromatic rings. The second-order valence-corrected chi connectivity index (χ2v) is 9.02. The number of carbonyl (C=O) groups is 1. The number of primary amides is 1. The first-order valence-electron chi connectivity index (χ1n) is 12.7. The van der Waals surface area contributed by atoms with E-state index in [2.05, 4.69) is 6.92 Å². The molecule has 0 bridgehead atoms. The lowest BCUT2D eigenvalue weighted by atomic mass is 9.95. The molecule has 0 saturated heterocycles. The summed E-state index contributed by atoms with van der Waals surface area (Å²) >= 11 is 0. The second-order valence-electron chi connectivity index (χ2n) is 9.02. The zero-order valence-electron chi connectivity index (χ0n) is 19.4. The summed E-state index contributed by atoms with van der Waals surface area (Å²) in [5.74, 6) is -0.821. The smallest absolute Gasteiger partial charge is 0.251 e. The Bertz CT molecular complexity index is 362. The van der Waals surface area contributed by atoms with Crippen molar-refractivity contribution in [1.29, 1.82) is 0 Å². The number of rotatable bonds is 23. The maximum absolute atomic E-state index is 11.1. The van der Waals surface area contributed by atoms with Gasteiger partial charge in [-0.25, -0.2) is 0 Å². The topological polar surface area (TPSA) is 83.6 Å². The fourth-order valence-electron chi connectivity index (χ4n) is 3.95. The van der Waals surface area contributed by atoms with Crippen LogP contribution in [0.15, 0.2) is 0 Å². The Labute approximate surface area is 181 Å². The molecule has 0 aromatic carbocycles. The summed E-state index contributed by atoms with van der Waals surface area (Å²) in [6.45, 7) is 1.70. The van der Waals surface area contributed by atoms with E-state index < -0.39 is 18.1 Å². The van der Waals surface area contributed by atoms with Crippen LogP contribution < -0.4 is 5.73 Å². The molecule has 4 N–H and O–H groups in total. The van der Waals surface area contributed by atoms with Crippen LogP contribution >= 0.6 is 0 Å². The van der Waals surface area contributed by atoms with E-state index in [-0.39, 0.29) is 6.42 Å². The number of hydrogen-bond donors (Lipinski definition) is 3. The third kappa shape index (κ3) is 17.9. The summed E-state index contributed by atoms with van der Waals surface area (Å²) in [5.41, 5.74) is 3.39. The third-order valence-electron chi connectivity index (χ3n) is 6.16. The Hall–Kier alpha value is -0.610. The molecular formula is C25H51NO3. The zero-order valence-corrected chi connectivity index (χ0v) is 19.4. The van der Waals surface area contributed by atoms with Crippen LogP contribution in [0.3, 0.4) is 0 Å². The number of hydrogen-bond acceptors (Lipinski definition) is 3. The highest BCUT2D eigenvalue weighted by atomic mass is 16.3. The minimum atomic E-state index is -1.73. The molecule has 0 aliphatic heterocycles. The third-order valence-corrected chi connectivity index (χ3v) is 6.16. The summed E-state index contributed by atoms with van der Waals surface area (Å²) < 4.78 is 0. The summed E-state index contributed by atoms with van der Waals surface area (Å²) in [7, 11) is 0. The van der Waals surface area contributed by atoms with Crippen LogP contribution in [0.25, 0.3) is 0 Å². The monoisotopic (exact) mass is 413 g/mol. The van der Waals surface area contributed by atoms with Gasteiger partial charge in [-0.2, -0.15) is 0 Å². The van der Waals surface area contributed by atoms with Gasteiger partial charge >= 0.3 is 0 Å². The van der Waals surface area contributed by atoms with Gasteiger partial charge in [-0.15, -0.1) is 0 Å². The molecule has 0 fully saturated rings. The van der Waals surface area contributed by atoms with Crippen LogP contribution in [0.4, 0.5) is 0 Å². The van der Waals surface area contributed by atoms with E-state index in [1.807, 2.05) is 0 Å². The Morgan fingerprint density at radius 2 is 0.897 bits per heavy atom. The van der Waals surface area contributed by atoms with Crippen molar-refractivity contribution in [2.24, 2.45) is 5.73 Å². The lowest BCUT2D eigenvalue weighted by Gasteiger charge is -2.21. The highest BCUT2D eigenvalue weighted by Gasteiger charge is 2.32. The standard InChI is InChI=1S/C25H51NO3/c1-2-3-4-5-6-7-8-9-10-11-12-13-14-15-16-17-18-19-20-21-22-25(29,23-27)24(26)28/h27,29H,2-23H2,1H3,(H2,26,28). The Kier molecular flexibility index (Phi) is 20.2. The molecule has 0 aliphatic carbocycles. The fourth-order valence-corrected chi connectivity index (χ4v) is 3.95. The number of aliphatic hydroxyl groups is 2. The second kappa shape index (κ2) is 20.7. The predicted octanol–water partition coefficient (Wildman–Crippen LogP) is 6.41. The summed E-state index contributed by atoms with van der Waals surface area (Å²) in [6, 6.07) is 0. The highest BCUT2D eigenvalue weighted by Crippen LogP contribution is 2.17. The first kappa shape index (κ1) is 28.4. The minimum absolute atomic E-state index is 0.262. The number of aliphatic hydroxyl groups excluding tert-OH is 1. The predicted molar refractivity (Wildman–Crippen MR) is 124 cm³/mol. The largest absolute Gasteiger partial charge is 0.393 e. The number of unbranched alkanes of at least 4 members (excludes halogenated alkanes) is 19. The van der Waals surface area contributed by atoms with Crippen LogP contribution in [-0.4, -0.2) is 28.3 Å². The first-order valence-corrected chi connectivity index (χ1v) is 12.7. The van der Waals surface area contributed by atoms with E-state index in [1.165, 1.54) is 109 Å². The van der Waals surface area contributed by atoms with Gasteiger partial charge in [-0.3, -0.25) is 4.79 Å². The van der Waals surface area contributed by atoms with Crippen molar-refractivity contribution in [2.45, 2.75) is 147 Å². The first-order chi connectivity index (χ1) is 14.1. The van der Waals surface area contributed by atoms with Gasteiger partial charge in [0.15, 0.2) is 5.60 Å². The van der Waals surface area contributed by atoms with Gasteiger partial charge in [-0.1, -0.05) is 129 Å². The van der Waals surface area contributed by atoms with Gasteiger partial charge in [0.1, 0.15) is 0 Å². The van der Waals surface area contributed by atoms with E-state index in [4.69, 9.17) is 10.8 Å². The lowest BCUT2D eigenvalue weighted by Crippen LogP contribution is -2.46. The normalized spacial score (nSPS) is 13.5. The molecule has 1 unspecified atom stereocenters. The SMILES string of the molecule is CCCCCCCCCCCCCCCCCCCCCCC(O)(CO)C(N)=O. The van der Waals surface area contributed by atoms with Gasteiger partial charge in [-0.05, 0) is 12.8 Å². The molecule has 0 heterocycles. The molecule has 4 heteroatoms. The van der Waals surface area contributed by atoms with Crippen molar-refractivity contribution in [2.75, 3.05) is 6.61 Å². The van der Waals surface area contributed by atoms with E-state index >= 15 is 0 Å². The Morgan fingerprint density at radius 3 is 1.14 bits per heavy atom. The molecule has 0 spiro atoms. The van der Waals surface area contributed by atoms with E-state index in [9.17, 15) is 9.90 Å². The summed E-state index contributed by atoms with van der Waals surface area (Å²) in [6.07, 6.45) is 26.7. The van der Waals surface area contributed by atoms with Crippen LogP contribution in [0.2, 0.25) is 0 Å². The minimum Gasteiger partial charge on any atom is -0.393 e. The van der Waals surface area contributed by atoms with Crippen LogP contribution in [0.1, 0.15) is 142 Å². The molecule has 4 nitrogen and oxygen atoms in total. The molecule has 0 aliphatic rings. The van der Waals surface area contributed by atoms with Gasteiger partial charge < -0.3 is 15.9 Å². The number of carbonyl (C=O) groups excluding carboxylic acids is 1. The van der Waals surface area contributed by atoms with Crippen molar-refractivity contribution >= 4 is 5.91 Å². The van der Waals surface area contributed by atoms with Crippen molar-refractivity contribution in [3.05, 3.63) is 0 Å². The number of amides is 1. The van der Waals surface area contributed by atoms with Crippen LogP contribution in [0.5, 0.6) is 0 Å². The average Bonchev–Trinajstić information content (AvgIpc) is 2.72. The molecule has 174 valence electrons. The van der Waals surface area contributed by atoms with Crippen LogP contribution in [-0.2, 0) is 4.79 Å². The van der Waals surface area contributed by atoms with Gasteiger partial charge in [0.05, 0.1) is 6.61 Å². The average molecular weight is 414 g/mol. The molecule has 1 atom stereocenters. The van der Waals surface area contributed by atoms with E-state index in [0.29, 0.717) is 0 Å². The molecule has 0 saturated carbocycles. The van der Waals surface area contributed by atoms with E-state index in [0.717, 1.165) is 19.3 Å². The van der Waals surface area contributed by atoms with Crippen molar-refractivity contribution in [3.8, 4) is 0 Å². The lowest BCUT2D eigenvalue weighted by molar-refractivity contribution is -0.141.